The van der Waals surface area contributed by atoms with Crippen molar-refractivity contribution in [1.82, 2.24) is 9.97 Å². The molecule has 0 amide bonds. The lowest BCUT2D eigenvalue weighted by molar-refractivity contribution is 0.354. The van der Waals surface area contributed by atoms with Crippen LogP contribution in [0.1, 0.15) is 11.8 Å². The molecule has 0 atom stereocenters. The molecule has 0 saturated carbocycles. The number of aromatic nitrogens is 2. The van der Waals surface area contributed by atoms with Gasteiger partial charge in [0, 0.05) is 4.88 Å². The van der Waals surface area contributed by atoms with Gasteiger partial charge in [0.2, 0.25) is 11.8 Å². The summed E-state index contributed by atoms with van der Waals surface area (Å²) in [5.74, 6) is 0.786. The minimum Gasteiger partial charge on any atom is -0.473 e. The van der Waals surface area contributed by atoms with Gasteiger partial charge in [-0.3, -0.25) is 0 Å². The summed E-state index contributed by atoms with van der Waals surface area (Å²) in [7, 11) is 0. The van der Waals surface area contributed by atoms with Gasteiger partial charge in [-0.15, -0.1) is 11.3 Å². The van der Waals surface area contributed by atoms with E-state index >= 15 is 0 Å². The molecule has 5 heteroatoms. The smallest absolute Gasteiger partial charge is 0.227 e. The summed E-state index contributed by atoms with van der Waals surface area (Å²) in [6.45, 7) is 6.13. The van der Waals surface area contributed by atoms with E-state index < -0.39 is 0 Å². The zero-order valence-corrected chi connectivity index (χ0v) is 9.88. The molecule has 16 heavy (non-hydrogen) atoms. The molecule has 2 rings (SSSR count). The first-order valence-electron chi connectivity index (χ1n) is 5.04. The monoisotopic (exact) mass is 235 g/mol. The largest absolute Gasteiger partial charge is 0.473 e. The Morgan fingerprint density at radius 3 is 3.06 bits per heavy atom. The summed E-state index contributed by atoms with van der Waals surface area (Å²) >= 11 is 1.62. The molecule has 2 aromatic heterocycles. The van der Waals surface area contributed by atoms with Crippen LogP contribution in [0.15, 0.2) is 18.7 Å². The lowest BCUT2D eigenvalue weighted by atomic mass is 10.3. The molecule has 0 bridgehead atoms. The van der Waals surface area contributed by atoms with Crippen LogP contribution >= 0.6 is 11.3 Å². The number of nitrogens with two attached hydrogens (primary N) is 1. The number of nitrogen functional groups attached to an aromatic ring is 1. The summed E-state index contributed by atoms with van der Waals surface area (Å²) in [5, 5.41) is 0.929. The first kappa shape index (κ1) is 10.9. The predicted octanol–water partition coefficient (Wildman–Crippen LogP) is 2.40. The normalized spacial score (nSPS) is 10.6. The Morgan fingerprint density at radius 1 is 1.56 bits per heavy atom. The number of thiophene rings is 1. The van der Waals surface area contributed by atoms with Crippen molar-refractivity contribution >= 4 is 27.5 Å². The van der Waals surface area contributed by atoms with E-state index in [0.29, 0.717) is 12.5 Å². The topological polar surface area (TPSA) is 61.0 Å². The van der Waals surface area contributed by atoms with Gasteiger partial charge in [0.1, 0.15) is 11.4 Å². The fourth-order valence-electron chi connectivity index (χ4n) is 1.38. The molecular weight excluding hydrogens is 222 g/mol. The molecule has 0 saturated heterocycles. The van der Waals surface area contributed by atoms with Crippen LogP contribution in [0.4, 0.5) is 5.95 Å². The number of hydrogen-bond acceptors (Lipinski definition) is 5. The minimum absolute atomic E-state index is 0.246. The third-order valence-corrected chi connectivity index (χ3v) is 3.29. The Labute approximate surface area is 97.8 Å². The van der Waals surface area contributed by atoms with E-state index in [1.54, 1.807) is 17.4 Å². The zero-order chi connectivity index (χ0) is 11.5. The van der Waals surface area contributed by atoms with Crippen molar-refractivity contribution in [2.75, 3.05) is 12.3 Å². The summed E-state index contributed by atoms with van der Waals surface area (Å²) in [4.78, 5) is 10.4. The minimum atomic E-state index is 0.246. The summed E-state index contributed by atoms with van der Waals surface area (Å²) in [6, 6.07) is 2.05. The molecule has 0 aliphatic heterocycles. The molecule has 0 spiro atoms. The van der Waals surface area contributed by atoms with Gasteiger partial charge < -0.3 is 10.5 Å². The average Bonchev–Trinajstić information content (AvgIpc) is 2.68. The quantitative estimate of drug-likeness (QED) is 0.827. The van der Waals surface area contributed by atoms with Crippen LogP contribution in [-0.4, -0.2) is 16.6 Å². The van der Waals surface area contributed by atoms with E-state index in [4.69, 9.17) is 10.5 Å². The summed E-state index contributed by atoms with van der Waals surface area (Å²) < 4.78 is 5.46. The predicted molar refractivity (Wildman–Crippen MR) is 66.9 cm³/mol. The number of fused-ring (bicyclic) bond motifs is 1. The second-order valence-electron chi connectivity index (χ2n) is 3.27. The lowest BCUT2D eigenvalue weighted by Gasteiger charge is -2.03. The number of hydrogen-bond donors (Lipinski definition) is 1. The number of aryl methyl sites for hydroxylation is 1. The SMILES string of the molecule is C=CCOc1nc(N)nc2sc(CC)cc12. The maximum Gasteiger partial charge on any atom is 0.227 e. The van der Waals surface area contributed by atoms with Crippen molar-refractivity contribution in [3.05, 3.63) is 23.6 Å². The van der Waals surface area contributed by atoms with Crippen LogP contribution in [0.5, 0.6) is 5.88 Å². The van der Waals surface area contributed by atoms with E-state index in [0.717, 1.165) is 16.6 Å². The molecule has 2 heterocycles. The maximum absolute atomic E-state index is 5.63. The number of anilines is 1. The van der Waals surface area contributed by atoms with Gasteiger partial charge in [0.15, 0.2) is 0 Å². The Bertz CT molecular complexity index is 521. The third kappa shape index (κ3) is 1.99. The Hall–Kier alpha value is -1.62. The molecule has 0 aliphatic rings. The van der Waals surface area contributed by atoms with Crippen molar-refractivity contribution in [3.63, 3.8) is 0 Å². The second kappa shape index (κ2) is 4.49. The van der Waals surface area contributed by atoms with Crippen LogP contribution in [0.3, 0.4) is 0 Å². The van der Waals surface area contributed by atoms with Gasteiger partial charge in [0.05, 0.1) is 5.39 Å². The fraction of sp³-hybridized carbons (Fsp3) is 0.273. The van der Waals surface area contributed by atoms with E-state index in [-0.39, 0.29) is 5.95 Å². The van der Waals surface area contributed by atoms with Crippen molar-refractivity contribution in [3.8, 4) is 5.88 Å². The van der Waals surface area contributed by atoms with E-state index in [1.807, 2.05) is 0 Å². The highest BCUT2D eigenvalue weighted by Gasteiger charge is 2.10. The van der Waals surface area contributed by atoms with Crippen molar-refractivity contribution in [1.29, 1.82) is 0 Å². The first-order valence-corrected chi connectivity index (χ1v) is 5.86. The van der Waals surface area contributed by atoms with Crippen molar-refractivity contribution in [2.45, 2.75) is 13.3 Å². The van der Waals surface area contributed by atoms with Crippen LogP contribution in [-0.2, 0) is 6.42 Å². The lowest BCUT2D eigenvalue weighted by Crippen LogP contribution is -2.00. The molecule has 4 nitrogen and oxygen atoms in total. The van der Waals surface area contributed by atoms with Crippen LogP contribution in [0.25, 0.3) is 10.2 Å². The number of rotatable bonds is 4. The van der Waals surface area contributed by atoms with Crippen LogP contribution < -0.4 is 10.5 Å². The number of nitrogens with zero attached hydrogens (tertiary/aromatic N) is 2. The van der Waals surface area contributed by atoms with Gasteiger partial charge in [-0.1, -0.05) is 19.6 Å². The molecular formula is C11H13N3OS. The average molecular weight is 235 g/mol. The molecule has 0 unspecified atom stereocenters. The standard InChI is InChI=1S/C11H13N3OS/c1-3-5-15-9-8-6-7(4-2)16-10(8)14-11(12)13-9/h3,6H,1,4-5H2,2H3,(H2,12,13,14). The highest BCUT2D eigenvalue weighted by molar-refractivity contribution is 7.18. The Kier molecular flexibility index (Phi) is 3.05. The van der Waals surface area contributed by atoms with E-state index in [1.165, 1.54) is 4.88 Å². The fourth-order valence-corrected chi connectivity index (χ4v) is 2.35. The van der Waals surface area contributed by atoms with Gasteiger partial charge in [0.25, 0.3) is 0 Å². The Balaban J connectivity index is 2.52. The highest BCUT2D eigenvalue weighted by atomic mass is 32.1. The molecule has 84 valence electrons. The van der Waals surface area contributed by atoms with Crippen LogP contribution in [0.2, 0.25) is 0 Å². The van der Waals surface area contributed by atoms with Crippen LogP contribution in [0, 0.1) is 0 Å². The molecule has 2 aromatic rings. The van der Waals surface area contributed by atoms with Gasteiger partial charge in [-0.25, -0.2) is 4.98 Å². The van der Waals surface area contributed by atoms with Gasteiger partial charge >= 0.3 is 0 Å². The molecule has 0 radical (unpaired) electrons. The maximum atomic E-state index is 5.63. The molecule has 0 aromatic carbocycles. The second-order valence-corrected chi connectivity index (χ2v) is 4.39. The zero-order valence-electron chi connectivity index (χ0n) is 9.06. The summed E-state index contributed by atoms with van der Waals surface area (Å²) in [5.41, 5.74) is 5.63. The Morgan fingerprint density at radius 2 is 2.38 bits per heavy atom. The van der Waals surface area contributed by atoms with E-state index in [2.05, 4.69) is 29.5 Å². The molecule has 2 N–H and O–H groups in total. The van der Waals surface area contributed by atoms with Crippen molar-refractivity contribution in [2.24, 2.45) is 0 Å². The third-order valence-electron chi connectivity index (χ3n) is 2.11. The molecule has 0 fully saturated rings. The number of ether oxygens (including phenoxy) is 1. The van der Waals surface area contributed by atoms with Crippen molar-refractivity contribution < 1.29 is 4.74 Å². The van der Waals surface area contributed by atoms with Gasteiger partial charge in [-0.05, 0) is 12.5 Å². The molecule has 0 aliphatic carbocycles. The van der Waals surface area contributed by atoms with E-state index in [9.17, 15) is 0 Å². The highest BCUT2D eigenvalue weighted by Crippen LogP contribution is 2.31. The summed E-state index contributed by atoms with van der Waals surface area (Å²) in [6.07, 6.45) is 2.65. The van der Waals surface area contributed by atoms with Gasteiger partial charge in [-0.2, -0.15) is 4.98 Å². The first-order chi connectivity index (χ1) is 7.74.